The highest BCUT2D eigenvalue weighted by molar-refractivity contribution is 7.09. The molecule has 2 heterocycles. The van der Waals surface area contributed by atoms with Crippen molar-refractivity contribution < 1.29 is 0 Å². The molecule has 0 bridgehead atoms. The normalized spacial score (nSPS) is 25.5. The SMILES string of the molecule is Cc1nc(CC2(CC(C)C)CCCN2)cs1. The van der Waals surface area contributed by atoms with Crippen molar-refractivity contribution in [3.8, 4) is 0 Å². The molecule has 0 spiro atoms. The summed E-state index contributed by atoms with van der Waals surface area (Å²) in [5.41, 5.74) is 1.60. The Hall–Kier alpha value is -0.410. The van der Waals surface area contributed by atoms with Gasteiger partial charge in [0.25, 0.3) is 0 Å². The third-order valence-electron chi connectivity index (χ3n) is 3.32. The lowest BCUT2D eigenvalue weighted by molar-refractivity contribution is 0.299. The lowest BCUT2D eigenvalue weighted by Crippen LogP contribution is -2.43. The van der Waals surface area contributed by atoms with Crippen molar-refractivity contribution in [3.63, 3.8) is 0 Å². The molecule has 1 aromatic heterocycles. The van der Waals surface area contributed by atoms with Crippen molar-refractivity contribution in [2.24, 2.45) is 5.92 Å². The molecule has 1 aliphatic heterocycles. The molecule has 1 unspecified atom stereocenters. The van der Waals surface area contributed by atoms with Crippen LogP contribution in [-0.4, -0.2) is 17.1 Å². The minimum absolute atomic E-state index is 0.328. The van der Waals surface area contributed by atoms with E-state index in [-0.39, 0.29) is 0 Å². The fourth-order valence-electron chi connectivity index (χ4n) is 2.88. The summed E-state index contributed by atoms with van der Waals surface area (Å²) in [5, 5.41) is 7.13. The predicted octanol–water partition coefficient (Wildman–Crippen LogP) is 3.16. The summed E-state index contributed by atoms with van der Waals surface area (Å²) in [4.78, 5) is 4.61. The Morgan fingerprint density at radius 3 is 2.88 bits per heavy atom. The summed E-state index contributed by atoms with van der Waals surface area (Å²) < 4.78 is 0. The van der Waals surface area contributed by atoms with Crippen molar-refractivity contribution in [2.75, 3.05) is 6.54 Å². The van der Waals surface area contributed by atoms with Crippen molar-refractivity contribution >= 4 is 11.3 Å². The predicted molar refractivity (Wildman–Crippen MR) is 70.0 cm³/mol. The minimum atomic E-state index is 0.328. The van der Waals surface area contributed by atoms with Gasteiger partial charge >= 0.3 is 0 Å². The molecule has 0 aliphatic carbocycles. The zero-order valence-electron chi connectivity index (χ0n) is 10.5. The van der Waals surface area contributed by atoms with Gasteiger partial charge in [-0.1, -0.05) is 13.8 Å². The average molecular weight is 238 g/mol. The van der Waals surface area contributed by atoms with Crippen LogP contribution in [0.3, 0.4) is 0 Å². The molecule has 1 atom stereocenters. The van der Waals surface area contributed by atoms with E-state index in [4.69, 9.17) is 0 Å². The molecule has 16 heavy (non-hydrogen) atoms. The van der Waals surface area contributed by atoms with Gasteiger partial charge in [0.2, 0.25) is 0 Å². The van der Waals surface area contributed by atoms with Crippen LogP contribution in [0.4, 0.5) is 0 Å². The van der Waals surface area contributed by atoms with Crippen LogP contribution in [0, 0.1) is 12.8 Å². The standard InChI is InChI=1S/C13H22N2S/c1-10(2)7-13(5-4-6-14-13)8-12-9-16-11(3)15-12/h9-10,14H,4-8H2,1-3H3. The molecule has 0 amide bonds. The number of hydrogen-bond acceptors (Lipinski definition) is 3. The quantitative estimate of drug-likeness (QED) is 0.871. The van der Waals surface area contributed by atoms with Gasteiger partial charge in [0, 0.05) is 17.3 Å². The average Bonchev–Trinajstić information content (AvgIpc) is 2.76. The molecule has 1 N–H and O–H groups in total. The van der Waals surface area contributed by atoms with Crippen molar-refractivity contribution in [3.05, 3.63) is 16.1 Å². The lowest BCUT2D eigenvalue weighted by atomic mass is 9.84. The van der Waals surface area contributed by atoms with E-state index < -0.39 is 0 Å². The lowest BCUT2D eigenvalue weighted by Gasteiger charge is -2.31. The summed E-state index contributed by atoms with van der Waals surface area (Å²) in [6.07, 6.45) is 5.00. The van der Waals surface area contributed by atoms with E-state index in [2.05, 4.69) is 36.5 Å². The third-order valence-corrected chi connectivity index (χ3v) is 4.14. The van der Waals surface area contributed by atoms with Crippen LogP contribution in [-0.2, 0) is 6.42 Å². The second kappa shape index (κ2) is 4.84. The van der Waals surface area contributed by atoms with E-state index >= 15 is 0 Å². The first kappa shape index (κ1) is 12.1. The Kier molecular flexibility index (Phi) is 3.65. The second-order valence-electron chi connectivity index (χ2n) is 5.44. The molecule has 2 nitrogen and oxygen atoms in total. The Balaban J connectivity index is 2.08. The molecule has 1 aromatic rings. The molecule has 1 fully saturated rings. The van der Waals surface area contributed by atoms with Gasteiger partial charge in [-0.25, -0.2) is 4.98 Å². The summed E-state index contributed by atoms with van der Waals surface area (Å²) in [7, 11) is 0. The van der Waals surface area contributed by atoms with Gasteiger partial charge in [-0.2, -0.15) is 0 Å². The van der Waals surface area contributed by atoms with E-state index in [0.29, 0.717) is 5.54 Å². The summed E-state index contributed by atoms with van der Waals surface area (Å²) in [6, 6.07) is 0. The third kappa shape index (κ3) is 2.83. The fraction of sp³-hybridized carbons (Fsp3) is 0.769. The monoisotopic (exact) mass is 238 g/mol. The Morgan fingerprint density at radius 2 is 2.38 bits per heavy atom. The van der Waals surface area contributed by atoms with Crippen LogP contribution in [0.2, 0.25) is 0 Å². The molecule has 0 aromatic carbocycles. The molecular weight excluding hydrogens is 216 g/mol. The maximum atomic E-state index is 4.61. The molecule has 2 rings (SSSR count). The summed E-state index contributed by atoms with van der Waals surface area (Å²) in [5.74, 6) is 0.755. The van der Waals surface area contributed by atoms with Gasteiger partial charge < -0.3 is 5.32 Å². The number of nitrogens with one attached hydrogen (secondary N) is 1. The van der Waals surface area contributed by atoms with Crippen molar-refractivity contribution in [2.45, 2.75) is 52.0 Å². The maximum Gasteiger partial charge on any atom is 0.0897 e. The van der Waals surface area contributed by atoms with Gasteiger partial charge in [0.1, 0.15) is 0 Å². The fourth-order valence-corrected chi connectivity index (χ4v) is 3.50. The molecule has 3 heteroatoms. The molecular formula is C13H22N2S. The zero-order valence-corrected chi connectivity index (χ0v) is 11.4. The number of thiazole rings is 1. The smallest absolute Gasteiger partial charge is 0.0897 e. The summed E-state index contributed by atoms with van der Waals surface area (Å²) in [6.45, 7) is 7.89. The Morgan fingerprint density at radius 1 is 1.56 bits per heavy atom. The highest BCUT2D eigenvalue weighted by atomic mass is 32.1. The Labute approximate surface area is 102 Å². The van der Waals surface area contributed by atoms with Gasteiger partial charge in [0.15, 0.2) is 0 Å². The highest BCUT2D eigenvalue weighted by Gasteiger charge is 2.34. The van der Waals surface area contributed by atoms with Gasteiger partial charge in [-0.05, 0) is 38.6 Å². The van der Waals surface area contributed by atoms with Crippen LogP contribution in [0.1, 0.15) is 43.8 Å². The number of aryl methyl sites for hydroxylation is 1. The second-order valence-corrected chi connectivity index (χ2v) is 6.51. The topological polar surface area (TPSA) is 24.9 Å². The molecule has 0 saturated carbocycles. The number of nitrogens with zero attached hydrogens (tertiary/aromatic N) is 1. The first-order valence-electron chi connectivity index (χ1n) is 6.26. The van der Waals surface area contributed by atoms with Crippen LogP contribution in [0.25, 0.3) is 0 Å². The molecule has 90 valence electrons. The number of aromatic nitrogens is 1. The number of hydrogen-bond donors (Lipinski definition) is 1. The van der Waals surface area contributed by atoms with Crippen LogP contribution in [0.5, 0.6) is 0 Å². The largest absolute Gasteiger partial charge is 0.311 e. The first-order chi connectivity index (χ1) is 7.60. The maximum absolute atomic E-state index is 4.61. The Bertz CT molecular complexity index is 337. The molecule has 1 aliphatic rings. The van der Waals surface area contributed by atoms with Gasteiger partial charge in [-0.3, -0.25) is 0 Å². The van der Waals surface area contributed by atoms with Gasteiger partial charge in [0.05, 0.1) is 10.7 Å². The van der Waals surface area contributed by atoms with E-state index in [1.54, 1.807) is 11.3 Å². The van der Waals surface area contributed by atoms with E-state index in [0.717, 1.165) is 12.3 Å². The molecule has 0 radical (unpaired) electrons. The van der Waals surface area contributed by atoms with E-state index in [9.17, 15) is 0 Å². The zero-order chi connectivity index (χ0) is 11.6. The minimum Gasteiger partial charge on any atom is -0.311 e. The van der Waals surface area contributed by atoms with Crippen LogP contribution in [0.15, 0.2) is 5.38 Å². The molecule has 1 saturated heterocycles. The van der Waals surface area contributed by atoms with Crippen molar-refractivity contribution in [1.82, 2.24) is 10.3 Å². The van der Waals surface area contributed by atoms with E-state index in [1.807, 2.05) is 0 Å². The van der Waals surface area contributed by atoms with Crippen LogP contribution >= 0.6 is 11.3 Å². The van der Waals surface area contributed by atoms with Crippen molar-refractivity contribution in [1.29, 1.82) is 0 Å². The highest BCUT2D eigenvalue weighted by Crippen LogP contribution is 2.30. The van der Waals surface area contributed by atoms with E-state index in [1.165, 1.54) is 36.5 Å². The van der Waals surface area contributed by atoms with Gasteiger partial charge in [-0.15, -0.1) is 11.3 Å². The number of rotatable bonds is 4. The first-order valence-corrected chi connectivity index (χ1v) is 7.14. The van der Waals surface area contributed by atoms with Crippen LogP contribution < -0.4 is 5.32 Å². The summed E-state index contributed by atoms with van der Waals surface area (Å²) >= 11 is 1.77.